The Balaban J connectivity index is 2.48. The van der Waals surface area contributed by atoms with E-state index in [4.69, 9.17) is 4.74 Å². The highest BCUT2D eigenvalue weighted by Crippen LogP contribution is 2.30. The van der Waals surface area contributed by atoms with Gasteiger partial charge in [-0.05, 0) is 62.6 Å². The van der Waals surface area contributed by atoms with Crippen molar-refractivity contribution < 1.29 is 9.53 Å². The SMILES string of the molecule is Cc1cc(Br)ccc1-c1ccccc1C(=O)OC(C)(C)C. The molecule has 0 saturated heterocycles. The molecule has 0 aromatic heterocycles. The van der Waals surface area contributed by atoms with E-state index in [1.165, 1.54) is 0 Å². The lowest BCUT2D eigenvalue weighted by molar-refractivity contribution is 0.00705. The quantitative estimate of drug-likeness (QED) is 0.682. The Morgan fingerprint density at radius 1 is 1.05 bits per heavy atom. The van der Waals surface area contributed by atoms with Crippen LogP contribution in [0.3, 0.4) is 0 Å². The molecule has 2 aromatic rings. The Morgan fingerprint density at radius 3 is 2.33 bits per heavy atom. The molecule has 0 saturated carbocycles. The highest BCUT2D eigenvalue weighted by atomic mass is 79.9. The molecule has 0 aliphatic rings. The van der Waals surface area contributed by atoms with Crippen LogP contribution >= 0.6 is 15.9 Å². The lowest BCUT2D eigenvalue weighted by atomic mass is 9.96. The molecule has 0 aliphatic carbocycles. The topological polar surface area (TPSA) is 26.3 Å². The number of halogens is 1. The van der Waals surface area contributed by atoms with Crippen LogP contribution in [0.2, 0.25) is 0 Å². The first-order valence-corrected chi connectivity index (χ1v) is 7.66. The van der Waals surface area contributed by atoms with Gasteiger partial charge >= 0.3 is 5.97 Å². The third kappa shape index (κ3) is 3.94. The zero-order chi connectivity index (χ0) is 15.6. The van der Waals surface area contributed by atoms with Gasteiger partial charge in [0, 0.05) is 4.47 Å². The van der Waals surface area contributed by atoms with Gasteiger partial charge in [-0.15, -0.1) is 0 Å². The van der Waals surface area contributed by atoms with Crippen molar-refractivity contribution in [2.75, 3.05) is 0 Å². The monoisotopic (exact) mass is 346 g/mol. The number of carbonyl (C=O) groups excluding carboxylic acids is 1. The van der Waals surface area contributed by atoms with Crippen LogP contribution in [0, 0.1) is 6.92 Å². The molecule has 0 radical (unpaired) electrons. The summed E-state index contributed by atoms with van der Waals surface area (Å²) in [4.78, 5) is 12.4. The number of esters is 1. The molecule has 2 nitrogen and oxygen atoms in total. The number of aryl methyl sites for hydroxylation is 1. The lowest BCUT2D eigenvalue weighted by Crippen LogP contribution is -2.24. The van der Waals surface area contributed by atoms with Crippen molar-refractivity contribution in [2.24, 2.45) is 0 Å². The third-order valence-electron chi connectivity index (χ3n) is 3.02. The summed E-state index contributed by atoms with van der Waals surface area (Å²) >= 11 is 3.46. The lowest BCUT2D eigenvalue weighted by Gasteiger charge is -2.21. The van der Waals surface area contributed by atoms with E-state index in [1.807, 2.05) is 70.2 Å². The Kier molecular flexibility index (Phi) is 4.52. The Hall–Kier alpha value is -1.61. The minimum atomic E-state index is -0.501. The van der Waals surface area contributed by atoms with Crippen LogP contribution in [0.25, 0.3) is 11.1 Å². The summed E-state index contributed by atoms with van der Waals surface area (Å²) in [5.41, 5.74) is 3.15. The maximum atomic E-state index is 12.4. The zero-order valence-electron chi connectivity index (χ0n) is 12.7. The minimum absolute atomic E-state index is 0.291. The van der Waals surface area contributed by atoms with Gasteiger partial charge in [-0.25, -0.2) is 4.79 Å². The molecule has 3 heteroatoms. The van der Waals surface area contributed by atoms with Crippen LogP contribution in [0.5, 0.6) is 0 Å². The van der Waals surface area contributed by atoms with E-state index in [-0.39, 0.29) is 5.97 Å². The van der Waals surface area contributed by atoms with Gasteiger partial charge in [-0.3, -0.25) is 0 Å². The van der Waals surface area contributed by atoms with Crippen molar-refractivity contribution >= 4 is 21.9 Å². The number of hydrogen-bond donors (Lipinski definition) is 0. The maximum absolute atomic E-state index is 12.4. The molecule has 0 fully saturated rings. The van der Waals surface area contributed by atoms with E-state index < -0.39 is 5.60 Å². The molecule has 0 amide bonds. The molecule has 0 N–H and O–H groups in total. The minimum Gasteiger partial charge on any atom is -0.456 e. The fourth-order valence-electron chi connectivity index (χ4n) is 2.16. The van der Waals surface area contributed by atoms with Crippen molar-refractivity contribution in [3.63, 3.8) is 0 Å². The highest BCUT2D eigenvalue weighted by Gasteiger charge is 2.21. The Morgan fingerprint density at radius 2 is 1.71 bits per heavy atom. The normalized spacial score (nSPS) is 11.3. The summed E-state index contributed by atoms with van der Waals surface area (Å²) in [5, 5.41) is 0. The summed E-state index contributed by atoms with van der Waals surface area (Å²) in [6.45, 7) is 7.65. The fourth-order valence-corrected chi connectivity index (χ4v) is 2.63. The van der Waals surface area contributed by atoms with Crippen molar-refractivity contribution in [3.8, 4) is 11.1 Å². The summed E-state index contributed by atoms with van der Waals surface area (Å²) in [6.07, 6.45) is 0. The Labute approximate surface area is 134 Å². The smallest absolute Gasteiger partial charge is 0.339 e. The average Bonchev–Trinajstić information content (AvgIpc) is 2.37. The molecule has 0 aliphatic heterocycles. The van der Waals surface area contributed by atoms with E-state index in [9.17, 15) is 4.79 Å². The molecule has 0 heterocycles. The van der Waals surface area contributed by atoms with Crippen molar-refractivity contribution in [1.29, 1.82) is 0 Å². The van der Waals surface area contributed by atoms with Crippen molar-refractivity contribution in [3.05, 3.63) is 58.1 Å². The second-order valence-corrected chi connectivity index (χ2v) is 6.92. The van der Waals surface area contributed by atoms with Crippen LogP contribution in [-0.4, -0.2) is 11.6 Å². The number of hydrogen-bond acceptors (Lipinski definition) is 2. The first-order chi connectivity index (χ1) is 9.78. The van der Waals surface area contributed by atoms with Gasteiger partial charge in [0.1, 0.15) is 5.60 Å². The molecular formula is C18H19BrO2. The van der Waals surface area contributed by atoms with E-state index >= 15 is 0 Å². The second kappa shape index (κ2) is 6.02. The summed E-state index contributed by atoms with van der Waals surface area (Å²) < 4.78 is 6.53. The molecular weight excluding hydrogens is 328 g/mol. The van der Waals surface area contributed by atoms with Crippen molar-refractivity contribution in [1.82, 2.24) is 0 Å². The van der Waals surface area contributed by atoms with Gasteiger partial charge in [0.15, 0.2) is 0 Å². The van der Waals surface area contributed by atoms with Crippen LogP contribution in [0.4, 0.5) is 0 Å². The van der Waals surface area contributed by atoms with E-state index in [1.54, 1.807) is 0 Å². The molecule has 2 rings (SSSR count). The zero-order valence-corrected chi connectivity index (χ0v) is 14.3. The van der Waals surface area contributed by atoms with Crippen LogP contribution in [0.15, 0.2) is 46.9 Å². The first-order valence-electron chi connectivity index (χ1n) is 6.87. The first kappa shape index (κ1) is 15.8. The number of benzene rings is 2. The molecule has 0 spiro atoms. The van der Waals surface area contributed by atoms with Gasteiger partial charge < -0.3 is 4.74 Å². The largest absolute Gasteiger partial charge is 0.456 e. The molecule has 0 bridgehead atoms. The third-order valence-corrected chi connectivity index (χ3v) is 3.52. The predicted octanol–water partition coefficient (Wildman–Crippen LogP) is 5.38. The Bertz CT molecular complexity index is 669. The predicted molar refractivity (Wildman–Crippen MR) is 89.5 cm³/mol. The number of rotatable bonds is 2. The van der Waals surface area contributed by atoms with Gasteiger partial charge in [0.25, 0.3) is 0 Å². The number of carbonyl (C=O) groups is 1. The van der Waals surface area contributed by atoms with Crippen molar-refractivity contribution in [2.45, 2.75) is 33.3 Å². The molecule has 0 unspecified atom stereocenters. The van der Waals surface area contributed by atoms with Gasteiger partial charge in [0.2, 0.25) is 0 Å². The fraction of sp³-hybridized carbons (Fsp3) is 0.278. The summed E-state index contributed by atoms with van der Waals surface area (Å²) in [5.74, 6) is -0.291. The van der Waals surface area contributed by atoms with Crippen LogP contribution in [-0.2, 0) is 4.74 Å². The average molecular weight is 347 g/mol. The highest BCUT2D eigenvalue weighted by molar-refractivity contribution is 9.10. The van der Waals surface area contributed by atoms with Crippen LogP contribution < -0.4 is 0 Å². The maximum Gasteiger partial charge on any atom is 0.339 e. The summed E-state index contributed by atoms with van der Waals surface area (Å²) in [7, 11) is 0. The number of ether oxygens (including phenoxy) is 1. The second-order valence-electron chi connectivity index (χ2n) is 6.01. The van der Waals surface area contributed by atoms with E-state index in [0.29, 0.717) is 5.56 Å². The van der Waals surface area contributed by atoms with Crippen LogP contribution in [0.1, 0.15) is 36.7 Å². The van der Waals surface area contributed by atoms with E-state index in [2.05, 4.69) is 15.9 Å². The standard InChI is InChI=1S/C18H19BrO2/c1-12-11-13(19)9-10-14(12)15-7-5-6-8-16(15)17(20)21-18(2,3)4/h5-11H,1-4H3. The molecule has 110 valence electrons. The van der Waals surface area contributed by atoms with Gasteiger partial charge in [-0.1, -0.05) is 40.2 Å². The van der Waals surface area contributed by atoms with Gasteiger partial charge in [-0.2, -0.15) is 0 Å². The van der Waals surface area contributed by atoms with E-state index in [0.717, 1.165) is 21.2 Å². The van der Waals surface area contributed by atoms with Gasteiger partial charge in [0.05, 0.1) is 5.56 Å². The molecule has 21 heavy (non-hydrogen) atoms. The molecule has 2 aromatic carbocycles. The summed E-state index contributed by atoms with van der Waals surface area (Å²) in [6, 6.07) is 13.6. The molecule has 0 atom stereocenters.